The normalized spacial score (nSPS) is 21.5. The van der Waals surface area contributed by atoms with Crippen LogP contribution in [0.2, 0.25) is 0 Å². The summed E-state index contributed by atoms with van der Waals surface area (Å²) in [7, 11) is 0. The molecule has 188 valence electrons. The van der Waals surface area contributed by atoms with E-state index in [1.807, 2.05) is 30.3 Å². The largest absolute Gasteiger partial charge is 0.525 e. The second-order valence-corrected chi connectivity index (χ2v) is 9.60. The Hall–Kier alpha value is -3.27. The molecule has 4 N–H and O–H groups in total. The van der Waals surface area contributed by atoms with Crippen LogP contribution < -0.4 is 16.5 Å². The summed E-state index contributed by atoms with van der Waals surface area (Å²) in [6, 6.07) is 8.54. The van der Waals surface area contributed by atoms with Crippen LogP contribution in [-0.4, -0.2) is 76.7 Å². The van der Waals surface area contributed by atoms with Crippen LogP contribution in [0.1, 0.15) is 44.1 Å². The topological polar surface area (TPSA) is 128 Å². The van der Waals surface area contributed by atoms with Crippen LogP contribution in [0.5, 0.6) is 0 Å². The molecule has 0 aliphatic carbocycles. The third-order valence-electron chi connectivity index (χ3n) is 7.20. The molecule has 0 bridgehead atoms. The number of hydrogen-bond acceptors (Lipinski definition) is 6. The molecule has 5 amide bonds. The number of hydrazine groups is 1. The predicted molar refractivity (Wildman–Crippen MR) is 129 cm³/mol. The van der Waals surface area contributed by atoms with Crippen molar-refractivity contribution in [2.75, 3.05) is 32.7 Å². The van der Waals surface area contributed by atoms with E-state index in [0.717, 1.165) is 53.9 Å². The van der Waals surface area contributed by atoms with Crippen molar-refractivity contribution < 1.29 is 23.9 Å². The first-order valence-corrected chi connectivity index (χ1v) is 12.5. The number of nitrogens with one attached hydrogen (secondary N) is 2. The van der Waals surface area contributed by atoms with E-state index in [9.17, 15) is 19.2 Å². The van der Waals surface area contributed by atoms with Crippen molar-refractivity contribution in [3.8, 4) is 0 Å². The number of nitrogens with zero attached hydrogens (tertiary/aromatic N) is 3. The van der Waals surface area contributed by atoms with Gasteiger partial charge in [-0.2, -0.15) is 4.79 Å². The van der Waals surface area contributed by atoms with Crippen molar-refractivity contribution in [3.63, 3.8) is 0 Å². The Labute approximate surface area is 205 Å². The van der Waals surface area contributed by atoms with Crippen LogP contribution in [0.4, 0.5) is 4.79 Å². The van der Waals surface area contributed by atoms with E-state index in [-0.39, 0.29) is 36.5 Å². The molecule has 1 aromatic carbocycles. The van der Waals surface area contributed by atoms with Gasteiger partial charge in [-0.1, -0.05) is 35.0 Å². The number of rotatable bonds is 8. The minimum absolute atomic E-state index is 0.0324. The van der Waals surface area contributed by atoms with Crippen molar-refractivity contribution in [1.82, 2.24) is 20.4 Å². The maximum atomic E-state index is 12.9. The number of piperidine rings is 2. The molecule has 10 heteroatoms. The fourth-order valence-corrected chi connectivity index (χ4v) is 5.05. The van der Waals surface area contributed by atoms with E-state index >= 15 is 0 Å². The van der Waals surface area contributed by atoms with E-state index in [2.05, 4.69) is 10.6 Å². The molecule has 3 aliphatic heterocycles. The standard InChI is InChI=1S/C25H34N6O4/c26-31-21(24(34)30(25(31)35)16-19-5-2-1-3-6-19)15-28-23(33)20-7-4-14-29(17-20)22(32)9-8-18-10-12-27-13-11-18/h1-3,5-6,18,20,27H,4,7-17H2,(H2-,26,28,33,34)/p+1/t20-/m1/s1. The molecule has 1 aromatic rings. The molecular formula is C25H35N6O4+. The maximum absolute atomic E-state index is 12.9. The highest BCUT2D eigenvalue weighted by Gasteiger charge is 2.47. The Kier molecular flexibility index (Phi) is 8.12. The van der Waals surface area contributed by atoms with Crippen molar-refractivity contribution in [3.05, 3.63) is 35.9 Å². The highest BCUT2D eigenvalue weighted by atomic mass is 16.2. The molecule has 0 unspecified atom stereocenters. The van der Waals surface area contributed by atoms with Gasteiger partial charge in [0.25, 0.3) is 0 Å². The van der Waals surface area contributed by atoms with Gasteiger partial charge in [-0.25, -0.2) is 4.79 Å². The molecule has 4 rings (SSSR count). The van der Waals surface area contributed by atoms with E-state index in [0.29, 0.717) is 31.8 Å². The summed E-state index contributed by atoms with van der Waals surface area (Å²) in [4.78, 5) is 53.8. The van der Waals surface area contributed by atoms with Crippen LogP contribution >= 0.6 is 0 Å². The van der Waals surface area contributed by atoms with E-state index in [4.69, 9.17) is 5.84 Å². The lowest BCUT2D eigenvalue weighted by atomic mass is 9.92. The number of amides is 5. The van der Waals surface area contributed by atoms with Gasteiger partial charge < -0.3 is 15.5 Å². The summed E-state index contributed by atoms with van der Waals surface area (Å²) in [6.07, 6.45) is 5.08. The molecule has 2 fully saturated rings. The third-order valence-corrected chi connectivity index (χ3v) is 7.20. The van der Waals surface area contributed by atoms with Crippen LogP contribution in [0.3, 0.4) is 0 Å². The number of likely N-dealkylation sites (tertiary alicyclic amines) is 1. The van der Waals surface area contributed by atoms with Gasteiger partial charge in [0.15, 0.2) is 0 Å². The van der Waals surface area contributed by atoms with Gasteiger partial charge in [0.1, 0.15) is 6.54 Å². The first-order valence-electron chi connectivity index (χ1n) is 12.5. The summed E-state index contributed by atoms with van der Waals surface area (Å²) >= 11 is 0. The molecule has 0 saturated carbocycles. The van der Waals surface area contributed by atoms with Crippen LogP contribution in [0.15, 0.2) is 30.3 Å². The smallest absolute Gasteiger partial charge is 0.348 e. The van der Waals surface area contributed by atoms with E-state index in [1.165, 1.54) is 0 Å². The van der Waals surface area contributed by atoms with Gasteiger partial charge >= 0.3 is 11.9 Å². The summed E-state index contributed by atoms with van der Waals surface area (Å²) < 4.78 is 0.809. The maximum Gasteiger partial charge on any atom is 0.525 e. The molecule has 3 aliphatic rings. The van der Waals surface area contributed by atoms with Crippen molar-refractivity contribution >= 4 is 29.5 Å². The van der Waals surface area contributed by atoms with Gasteiger partial charge in [-0.3, -0.25) is 15.4 Å². The first kappa shape index (κ1) is 24.8. The van der Waals surface area contributed by atoms with Gasteiger partial charge in [0, 0.05) is 19.5 Å². The van der Waals surface area contributed by atoms with Crippen molar-refractivity contribution in [1.29, 1.82) is 0 Å². The third kappa shape index (κ3) is 6.05. The van der Waals surface area contributed by atoms with Gasteiger partial charge in [0.2, 0.25) is 17.5 Å². The zero-order chi connectivity index (χ0) is 24.8. The fraction of sp³-hybridized carbons (Fsp3) is 0.560. The summed E-state index contributed by atoms with van der Waals surface area (Å²) in [5.41, 5.74) is 0.838. The number of urea groups is 1. The van der Waals surface area contributed by atoms with Crippen molar-refractivity contribution in [2.45, 2.75) is 45.1 Å². The lowest BCUT2D eigenvalue weighted by Crippen LogP contribution is -2.47. The number of carbonyl (C=O) groups excluding carboxylic acids is 4. The zero-order valence-electron chi connectivity index (χ0n) is 20.1. The molecule has 10 nitrogen and oxygen atoms in total. The summed E-state index contributed by atoms with van der Waals surface area (Å²) in [6.45, 7) is 3.06. The molecule has 0 radical (unpaired) electrons. The number of hydrogen-bond donors (Lipinski definition) is 3. The number of imide groups is 1. The number of nitrogens with two attached hydrogens (primary N) is 1. The molecule has 35 heavy (non-hydrogen) atoms. The highest BCUT2D eigenvalue weighted by Crippen LogP contribution is 2.21. The van der Waals surface area contributed by atoms with Gasteiger partial charge in [-0.15, -0.1) is 4.90 Å². The Morgan fingerprint density at radius 2 is 1.86 bits per heavy atom. The Morgan fingerprint density at radius 1 is 1.11 bits per heavy atom. The molecule has 2 saturated heterocycles. The molecule has 1 atom stereocenters. The molecule has 3 heterocycles. The first-order chi connectivity index (χ1) is 16.9. The summed E-state index contributed by atoms with van der Waals surface area (Å²) in [5, 5.41) is 6.10. The van der Waals surface area contributed by atoms with Crippen LogP contribution in [0.25, 0.3) is 0 Å². The number of benzene rings is 1. The van der Waals surface area contributed by atoms with Crippen LogP contribution in [-0.2, 0) is 20.9 Å². The predicted octanol–water partition coefficient (Wildman–Crippen LogP) is 0.611. The minimum atomic E-state index is -0.619. The Morgan fingerprint density at radius 3 is 2.60 bits per heavy atom. The lowest BCUT2D eigenvalue weighted by molar-refractivity contribution is -0.439. The zero-order valence-corrected chi connectivity index (χ0v) is 20.1. The second-order valence-electron chi connectivity index (χ2n) is 9.60. The molecule has 0 spiro atoms. The van der Waals surface area contributed by atoms with Crippen molar-refractivity contribution in [2.24, 2.45) is 17.7 Å². The second kappa shape index (κ2) is 11.4. The van der Waals surface area contributed by atoms with E-state index in [1.54, 1.807) is 4.90 Å². The minimum Gasteiger partial charge on any atom is -0.348 e. The lowest BCUT2D eigenvalue weighted by Gasteiger charge is -2.32. The molecule has 0 aromatic heterocycles. The number of carbonyl (C=O) groups is 4. The van der Waals surface area contributed by atoms with Gasteiger partial charge in [-0.05, 0) is 56.7 Å². The number of hydrazone groups is 1. The Balaban J connectivity index is 1.27. The fourth-order valence-electron chi connectivity index (χ4n) is 5.05. The van der Waals surface area contributed by atoms with E-state index < -0.39 is 11.9 Å². The highest BCUT2D eigenvalue weighted by molar-refractivity contribution is 6.42. The monoisotopic (exact) mass is 483 g/mol. The molecular weight excluding hydrogens is 448 g/mol. The Bertz CT molecular complexity index is 989. The SMILES string of the molecule is N[N+]1=C(CNC(=O)[C@@H]2CCCN(C(=O)CCC3CCNCC3)C2)C(=O)N(Cc2ccccc2)C1=O. The van der Waals surface area contributed by atoms with Gasteiger partial charge in [0.05, 0.1) is 12.5 Å². The average molecular weight is 484 g/mol. The quantitative estimate of drug-likeness (QED) is 0.282. The summed E-state index contributed by atoms with van der Waals surface area (Å²) in [5.74, 6) is 5.47. The van der Waals surface area contributed by atoms with Crippen LogP contribution in [0, 0.1) is 11.8 Å². The average Bonchev–Trinajstić information content (AvgIpc) is 3.09.